The summed E-state index contributed by atoms with van der Waals surface area (Å²) >= 11 is 0. The predicted molar refractivity (Wildman–Crippen MR) is 43.1 cm³/mol. The molecule has 0 amide bonds. The topological polar surface area (TPSA) is 147 Å². The van der Waals surface area contributed by atoms with E-state index in [1.54, 1.807) is 0 Å². The third-order valence-corrected chi connectivity index (χ3v) is 0.805. The van der Waals surface area contributed by atoms with Gasteiger partial charge in [0.2, 0.25) is 0 Å². The maximum absolute atomic E-state index is 9.77. The molecule has 0 spiro atoms. The number of hydrogen-bond donors (Lipinski definition) is 4. The summed E-state index contributed by atoms with van der Waals surface area (Å²) in [5.41, 5.74) is 0. The van der Waals surface area contributed by atoms with Crippen LogP contribution in [0.1, 0.15) is 2.85 Å². The zero-order chi connectivity index (χ0) is 8.31. The van der Waals surface area contributed by atoms with Crippen molar-refractivity contribution in [1.29, 1.82) is 0 Å². The van der Waals surface area contributed by atoms with Crippen molar-refractivity contribution in [3.63, 3.8) is 0 Å². The van der Waals surface area contributed by atoms with Crippen molar-refractivity contribution in [3.05, 3.63) is 0 Å². The Bertz CT molecular complexity index is 156. The van der Waals surface area contributed by atoms with Gasteiger partial charge >= 0.3 is 139 Å². The van der Waals surface area contributed by atoms with E-state index >= 15 is 0 Å². The van der Waals surface area contributed by atoms with Gasteiger partial charge in [-0.2, -0.15) is 0 Å². The number of hydrogen-bond acceptors (Lipinski definition) is 4. The van der Waals surface area contributed by atoms with Gasteiger partial charge in [-0.1, -0.05) is 0 Å². The van der Waals surface area contributed by atoms with E-state index in [1.807, 2.05) is 0 Å². The van der Waals surface area contributed by atoms with Crippen LogP contribution in [0.2, 0.25) is 0 Å². The first-order valence-electron chi connectivity index (χ1n) is 2.28. The molecule has 0 aliphatic heterocycles. The summed E-state index contributed by atoms with van der Waals surface area (Å²) in [5.74, 6) is -3.54. The van der Waals surface area contributed by atoms with E-state index in [9.17, 15) is 9.59 Å². The predicted octanol–water partition coefficient (Wildman–Crippen LogP) is -9.90. The van der Waals surface area contributed by atoms with Crippen LogP contribution >= 0.6 is 0 Å². The van der Waals surface area contributed by atoms with Crippen LogP contribution < -0.4 is 103 Å². The standard InChI is InChI=1S/C4H6O6.2K.H2O.Sb.5H/c5-1(3(7)8)2(6)4(9)10;;;;;;;;;/h1-2,5-6H,(H,7,8)(H,9,10);;;1H2;;;;;;/q;2*+1;;;;;;2*-1. The molecule has 2 unspecified atom stereocenters. The summed E-state index contributed by atoms with van der Waals surface area (Å²) in [6.07, 6.45) is -4.53. The van der Waals surface area contributed by atoms with Crippen LogP contribution in [-0.4, -0.2) is 74.5 Å². The second-order valence-corrected chi connectivity index (χ2v) is 1.57. The fourth-order valence-corrected chi connectivity index (χ4v) is 0.270. The second-order valence-electron chi connectivity index (χ2n) is 1.57. The summed E-state index contributed by atoms with van der Waals surface area (Å²) in [5, 5.41) is 32.5. The first-order chi connectivity index (χ1) is 4.46. The molecule has 0 aromatic carbocycles. The Balaban J connectivity index is -0.0000000270. The monoisotopic (exact) mass is 372 g/mol. The van der Waals surface area contributed by atoms with Crippen LogP contribution in [0, 0.1) is 0 Å². The van der Waals surface area contributed by atoms with E-state index < -0.39 is 24.1 Å². The Morgan fingerprint density at radius 2 is 1.07 bits per heavy atom. The van der Waals surface area contributed by atoms with Gasteiger partial charge < -0.3 is 28.8 Å². The third kappa shape index (κ3) is 13.0. The van der Waals surface area contributed by atoms with Crippen LogP contribution in [-0.2, 0) is 9.59 Å². The number of rotatable bonds is 3. The molecule has 78 valence electrons. The van der Waals surface area contributed by atoms with Crippen LogP contribution in [0.15, 0.2) is 0 Å². The van der Waals surface area contributed by atoms with Gasteiger partial charge in [-0.3, -0.25) is 0 Å². The molecule has 0 saturated carbocycles. The fraction of sp³-hybridized carbons (Fsp3) is 0.500. The first kappa shape index (κ1) is 30.2. The van der Waals surface area contributed by atoms with Crippen LogP contribution in [0.5, 0.6) is 0 Å². The number of carbonyl (C=O) groups is 2. The normalized spacial score (nSPS) is 11.3. The molecule has 6 N–H and O–H groups in total. The van der Waals surface area contributed by atoms with Crippen molar-refractivity contribution < 1.29 is 141 Å². The van der Waals surface area contributed by atoms with E-state index in [1.165, 1.54) is 0 Å². The van der Waals surface area contributed by atoms with E-state index in [2.05, 4.69) is 0 Å². The summed E-state index contributed by atoms with van der Waals surface area (Å²) < 4.78 is 0. The van der Waals surface area contributed by atoms with E-state index in [0.717, 1.165) is 0 Å². The molecule has 7 nitrogen and oxygen atoms in total. The van der Waals surface area contributed by atoms with Gasteiger partial charge in [-0.05, 0) is 0 Å². The van der Waals surface area contributed by atoms with Gasteiger partial charge in [0.1, 0.15) is 0 Å². The fourth-order valence-electron chi connectivity index (χ4n) is 0.270. The molecule has 0 heterocycles. The number of aliphatic hydroxyl groups is 2. The number of carboxylic acids is 2. The molecule has 14 heavy (non-hydrogen) atoms. The van der Waals surface area contributed by atoms with Crippen molar-refractivity contribution >= 4 is 36.4 Å². The molecule has 0 aromatic heterocycles. The Morgan fingerprint density at radius 1 is 0.929 bits per heavy atom. The van der Waals surface area contributed by atoms with Crippen molar-refractivity contribution in [1.82, 2.24) is 0 Å². The Labute approximate surface area is 185 Å². The molecule has 0 aromatic rings. The quantitative estimate of drug-likeness (QED) is 0.362. The molecule has 0 rings (SSSR count). The molecule has 2 atom stereocenters. The van der Waals surface area contributed by atoms with E-state index in [-0.39, 0.29) is 136 Å². The number of carboxylic acid groups (broad SMARTS) is 2. The SMILES string of the molecule is O.O=C(O)C(O)C(O)C(=O)O.[H-].[H-].[K+].[K+].[SbH3]. The maximum atomic E-state index is 9.77. The van der Waals surface area contributed by atoms with Gasteiger partial charge in [-0.15, -0.1) is 0 Å². The van der Waals surface area contributed by atoms with Crippen molar-refractivity contribution in [2.75, 3.05) is 0 Å². The minimum atomic E-state index is -2.27. The second kappa shape index (κ2) is 15.9. The van der Waals surface area contributed by atoms with Crippen molar-refractivity contribution in [2.45, 2.75) is 12.2 Å². The first-order valence-corrected chi connectivity index (χ1v) is 2.28. The van der Waals surface area contributed by atoms with Gasteiger partial charge in [0.05, 0.1) is 0 Å². The average Bonchev–Trinajstić information content (AvgIpc) is 1.84. The summed E-state index contributed by atoms with van der Waals surface area (Å²) in [7, 11) is 0. The van der Waals surface area contributed by atoms with Crippen LogP contribution in [0.4, 0.5) is 0 Å². The van der Waals surface area contributed by atoms with Gasteiger partial charge in [0, 0.05) is 0 Å². The Hall–Kier alpha value is 2.91. The molecule has 0 bridgehead atoms. The molecule has 0 fully saturated rings. The summed E-state index contributed by atoms with van der Waals surface area (Å²) in [6.45, 7) is 0. The zero-order valence-electron chi connectivity index (χ0n) is 9.97. The minimum absolute atomic E-state index is 0. The zero-order valence-corrected chi connectivity index (χ0v) is 18.2. The Morgan fingerprint density at radius 3 is 1.14 bits per heavy atom. The molecule has 0 aliphatic rings. The van der Waals surface area contributed by atoms with Crippen LogP contribution in [0.25, 0.3) is 0 Å². The molecule has 0 radical (unpaired) electrons. The van der Waals surface area contributed by atoms with Gasteiger partial charge in [0.25, 0.3) is 0 Å². The number of aliphatic carboxylic acids is 2. The third-order valence-electron chi connectivity index (χ3n) is 0.805. The molecule has 0 aliphatic carbocycles. The Kier molecular flexibility index (Phi) is 34.3. The van der Waals surface area contributed by atoms with Crippen molar-refractivity contribution in [2.24, 2.45) is 0 Å². The molecule has 10 heteroatoms. The molecular formula is C4H13K2O7Sb. The van der Waals surface area contributed by atoms with Gasteiger partial charge in [-0.25, -0.2) is 9.59 Å². The summed E-state index contributed by atoms with van der Waals surface area (Å²) in [4.78, 5) is 19.5. The molecule has 0 saturated heterocycles. The average molecular weight is 373 g/mol. The summed E-state index contributed by atoms with van der Waals surface area (Å²) in [6, 6.07) is 0. The number of aliphatic hydroxyl groups excluding tert-OH is 2. The van der Waals surface area contributed by atoms with E-state index in [0.29, 0.717) is 0 Å². The van der Waals surface area contributed by atoms with E-state index in [4.69, 9.17) is 20.4 Å². The van der Waals surface area contributed by atoms with Crippen molar-refractivity contribution in [3.8, 4) is 0 Å². The molecular weight excluding hydrogens is 360 g/mol. The van der Waals surface area contributed by atoms with Crippen LogP contribution in [0.3, 0.4) is 0 Å². The van der Waals surface area contributed by atoms with Gasteiger partial charge in [0.15, 0.2) is 12.2 Å².